The average molecular weight is 861 g/mol. The molecule has 9 rings (SSSR count). The van der Waals surface area contributed by atoms with Gasteiger partial charge in [-0.1, -0.05) is 32.0 Å². The highest BCUT2D eigenvalue weighted by Gasteiger charge is 2.44. The molecule has 2 unspecified atom stereocenters. The molecule has 0 spiro atoms. The Hall–Kier alpha value is -6.16. The van der Waals surface area contributed by atoms with Gasteiger partial charge < -0.3 is 49.3 Å². The molecule has 6 heterocycles. The summed E-state index contributed by atoms with van der Waals surface area (Å²) in [6.07, 6.45) is 5.04. The maximum Gasteiger partial charge on any atom is 0.407 e. The van der Waals surface area contributed by atoms with Crippen molar-refractivity contribution >= 4 is 45.8 Å². The number of hydrogen-bond acceptors (Lipinski definition) is 10. The second-order valence-corrected chi connectivity index (χ2v) is 17.8. The summed E-state index contributed by atoms with van der Waals surface area (Å²) in [6.45, 7) is 9.36. The predicted octanol–water partition coefficient (Wildman–Crippen LogP) is 7.30. The third-order valence-corrected chi connectivity index (χ3v) is 13.6. The summed E-state index contributed by atoms with van der Waals surface area (Å²) in [5.74, 6) is 1.73. The van der Waals surface area contributed by atoms with Crippen LogP contribution in [0.25, 0.3) is 44.2 Å². The fourth-order valence-corrected chi connectivity index (χ4v) is 10.2. The highest BCUT2D eigenvalue weighted by Crippen LogP contribution is 2.44. The molecule has 4 N–H and O–H groups in total. The minimum Gasteiger partial charge on any atom is -0.488 e. The second kappa shape index (κ2) is 17.2. The van der Waals surface area contributed by atoms with Crippen LogP contribution in [0.15, 0.2) is 48.7 Å². The van der Waals surface area contributed by atoms with E-state index in [1.165, 1.54) is 14.2 Å². The molecule has 63 heavy (non-hydrogen) atoms. The number of aromatic amines is 2. The minimum atomic E-state index is -0.722. The van der Waals surface area contributed by atoms with Crippen molar-refractivity contribution in [3.05, 3.63) is 65.9 Å². The van der Waals surface area contributed by atoms with Crippen molar-refractivity contribution in [1.82, 2.24) is 40.4 Å². The Morgan fingerprint density at radius 1 is 0.794 bits per heavy atom. The smallest absolute Gasteiger partial charge is 0.407 e. The lowest BCUT2D eigenvalue weighted by molar-refractivity contribution is -0.139. The zero-order chi connectivity index (χ0) is 44.1. The number of H-pyrrole nitrogens is 2. The number of fused-ring (bicyclic) bond motifs is 6. The number of hydrogen-bond donors (Lipinski definition) is 4. The van der Waals surface area contributed by atoms with Gasteiger partial charge >= 0.3 is 12.2 Å². The molecule has 0 bridgehead atoms. The van der Waals surface area contributed by atoms with Crippen LogP contribution in [0.5, 0.6) is 5.75 Å². The third kappa shape index (κ3) is 7.82. The summed E-state index contributed by atoms with van der Waals surface area (Å²) >= 11 is 0. The van der Waals surface area contributed by atoms with E-state index in [9.17, 15) is 19.2 Å². The van der Waals surface area contributed by atoms with Crippen LogP contribution >= 0.6 is 0 Å². The molecule has 2 aromatic heterocycles. The van der Waals surface area contributed by atoms with Crippen LogP contribution in [-0.4, -0.2) is 105 Å². The average Bonchev–Trinajstić information content (AvgIpc) is 4.12. The van der Waals surface area contributed by atoms with Gasteiger partial charge in [0, 0.05) is 36.2 Å². The van der Waals surface area contributed by atoms with Crippen molar-refractivity contribution in [2.75, 3.05) is 27.4 Å². The van der Waals surface area contributed by atoms with Crippen LogP contribution < -0.4 is 15.4 Å². The molecular formula is C47H56N8O8. The Bertz CT molecular complexity index is 2560. The Labute approximate surface area is 365 Å². The van der Waals surface area contributed by atoms with Crippen molar-refractivity contribution in [1.29, 1.82) is 0 Å². The number of benzene rings is 3. The number of carbonyl (C=O) groups excluding carboxylic acids is 4. The van der Waals surface area contributed by atoms with Crippen LogP contribution in [0.3, 0.4) is 0 Å². The number of imidazole rings is 2. The highest BCUT2D eigenvalue weighted by atomic mass is 16.5. The molecule has 0 aliphatic carbocycles. The monoisotopic (exact) mass is 860 g/mol. The van der Waals surface area contributed by atoms with E-state index in [2.05, 4.69) is 63.9 Å². The molecule has 3 aromatic carbocycles. The zero-order valence-electron chi connectivity index (χ0n) is 36.7. The van der Waals surface area contributed by atoms with E-state index in [1.807, 2.05) is 42.8 Å². The first-order valence-corrected chi connectivity index (χ1v) is 22.1. The largest absolute Gasteiger partial charge is 0.488 e. The SMILES string of the molecule is COC(=O)N[C@H](C(=O)N1C(c2ncc(-c3ccc4c(c3)COc3cc5c(ccc6[nH]c(C7CC[C@H](C)N7C(=O)[C@@H](NC(=O)OC)C7CCOCC7)nc65)cc3-4)[nH]2)CC[C@@H]1C)C(C)C. The van der Waals surface area contributed by atoms with Gasteiger partial charge in [-0.3, -0.25) is 9.59 Å². The molecule has 6 atom stereocenters. The van der Waals surface area contributed by atoms with E-state index in [1.54, 1.807) is 0 Å². The number of nitrogens with zero attached hydrogens (tertiary/aromatic N) is 4. The van der Waals surface area contributed by atoms with Crippen LogP contribution in [-0.2, 0) is 30.4 Å². The maximum absolute atomic E-state index is 14.4. The molecule has 4 aliphatic heterocycles. The fourth-order valence-electron chi connectivity index (χ4n) is 10.2. The first kappa shape index (κ1) is 42.2. The molecule has 0 radical (unpaired) electrons. The van der Waals surface area contributed by atoms with Crippen LogP contribution in [0.2, 0.25) is 0 Å². The first-order valence-electron chi connectivity index (χ1n) is 22.1. The lowest BCUT2D eigenvalue weighted by atomic mass is 9.90. The fraction of sp³-hybridized carbons (Fsp3) is 0.489. The number of nitrogens with one attached hydrogen (secondary N) is 4. The number of aromatic nitrogens is 4. The molecule has 0 saturated carbocycles. The van der Waals surface area contributed by atoms with Gasteiger partial charge in [-0.25, -0.2) is 19.6 Å². The van der Waals surface area contributed by atoms with Crippen LogP contribution in [0, 0.1) is 11.8 Å². The first-order chi connectivity index (χ1) is 30.4. The van der Waals surface area contributed by atoms with Gasteiger partial charge in [-0.05, 0) is 111 Å². The minimum absolute atomic E-state index is 0.0179. The van der Waals surface area contributed by atoms with Gasteiger partial charge in [-0.2, -0.15) is 0 Å². The van der Waals surface area contributed by atoms with Gasteiger partial charge in [0.2, 0.25) is 11.8 Å². The number of carbonyl (C=O) groups is 4. The normalized spacial score (nSPS) is 22.1. The molecule has 332 valence electrons. The third-order valence-electron chi connectivity index (χ3n) is 13.6. The van der Waals surface area contributed by atoms with Crippen LogP contribution in [0.1, 0.15) is 95.5 Å². The van der Waals surface area contributed by atoms with Gasteiger partial charge in [0.05, 0.1) is 49.2 Å². The molecule has 3 fully saturated rings. The van der Waals surface area contributed by atoms with Gasteiger partial charge in [0.1, 0.15) is 36.1 Å². The lowest BCUT2D eigenvalue weighted by Crippen LogP contribution is -2.54. The highest BCUT2D eigenvalue weighted by molar-refractivity contribution is 6.07. The number of methoxy groups -OCH3 is 2. The molecule has 3 saturated heterocycles. The van der Waals surface area contributed by atoms with Gasteiger partial charge in [0.25, 0.3) is 0 Å². The molecule has 16 heteroatoms. The van der Waals surface area contributed by atoms with E-state index in [0.29, 0.717) is 38.5 Å². The molecule has 4 amide bonds. The van der Waals surface area contributed by atoms with Crippen LogP contribution in [0.4, 0.5) is 9.59 Å². The van der Waals surface area contributed by atoms with Crippen molar-refractivity contribution < 1.29 is 38.1 Å². The van der Waals surface area contributed by atoms with E-state index in [-0.39, 0.29) is 47.8 Å². The quantitative estimate of drug-likeness (QED) is 0.117. The lowest BCUT2D eigenvalue weighted by Gasteiger charge is -2.36. The van der Waals surface area contributed by atoms with E-state index >= 15 is 0 Å². The Morgan fingerprint density at radius 3 is 2.21 bits per heavy atom. The van der Waals surface area contributed by atoms with Crippen molar-refractivity contribution in [2.24, 2.45) is 11.8 Å². The van der Waals surface area contributed by atoms with Crippen molar-refractivity contribution in [3.8, 4) is 28.1 Å². The Kier molecular flexibility index (Phi) is 11.5. The number of alkyl carbamates (subject to hydrolysis) is 2. The Balaban J connectivity index is 0.964. The number of ether oxygens (including phenoxy) is 4. The summed E-state index contributed by atoms with van der Waals surface area (Å²) < 4.78 is 21.8. The predicted molar refractivity (Wildman–Crippen MR) is 235 cm³/mol. The summed E-state index contributed by atoms with van der Waals surface area (Å²) in [5, 5.41) is 7.54. The number of rotatable bonds is 9. The maximum atomic E-state index is 14.4. The van der Waals surface area contributed by atoms with E-state index < -0.39 is 24.3 Å². The van der Waals surface area contributed by atoms with Crippen molar-refractivity contribution in [3.63, 3.8) is 0 Å². The summed E-state index contributed by atoms with van der Waals surface area (Å²) in [5.41, 5.74) is 6.58. The summed E-state index contributed by atoms with van der Waals surface area (Å²) in [4.78, 5) is 73.6. The molecule has 4 aliphatic rings. The zero-order valence-corrected chi connectivity index (χ0v) is 36.7. The molecule has 5 aromatic rings. The topological polar surface area (TPSA) is 193 Å². The molecule has 16 nitrogen and oxygen atoms in total. The standard InChI is InChI=1S/C47H56N8O8/c1-24(2)39(52-46(58)60-5)44(56)54-25(3)7-13-36(54)42-48-22-35(50-42)29-9-11-31-30(19-29)23-63-38-21-32-28(20-33(31)38)10-12-34-41(32)51-43(49-34)37-14-8-26(4)55(37)45(57)40(53-47(59)61-6)27-15-17-62-18-16-27/h9-12,19-22,24-27,36-37,39-40H,7-8,13-18,23H2,1-6H3,(H,48,50)(H,49,51)(H,52,58)(H,53,59)/t25-,26-,36?,37?,39-,40-/m0/s1. The molecular weight excluding hydrogens is 805 g/mol. The number of amides is 4. The number of likely N-dealkylation sites (tertiary alicyclic amines) is 2. The summed E-state index contributed by atoms with van der Waals surface area (Å²) in [7, 11) is 2.60. The van der Waals surface area contributed by atoms with Gasteiger partial charge in [-0.15, -0.1) is 0 Å². The van der Waals surface area contributed by atoms with E-state index in [0.717, 1.165) is 87.0 Å². The van der Waals surface area contributed by atoms with Crippen molar-refractivity contribution in [2.45, 2.75) is 109 Å². The summed E-state index contributed by atoms with van der Waals surface area (Å²) in [6, 6.07) is 12.6. The van der Waals surface area contributed by atoms with E-state index in [4.69, 9.17) is 28.9 Å². The Morgan fingerprint density at radius 2 is 1.49 bits per heavy atom. The van der Waals surface area contributed by atoms with Gasteiger partial charge in [0.15, 0.2) is 0 Å². The second-order valence-electron chi connectivity index (χ2n) is 17.8.